The van der Waals surface area contributed by atoms with Crippen molar-refractivity contribution in [1.82, 2.24) is 24.8 Å². The lowest BCUT2D eigenvalue weighted by Gasteiger charge is -2.18. The molecule has 4 aromatic rings. The summed E-state index contributed by atoms with van der Waals surface area (Å²) in [5.41, 5.74) is 0.336. The highest BCUT2D eigenvalue weighted by molar-refractivity contribution is 6.02. The first-order valence-electron chi connectivity index (χ1n) is 11.2. The summed E-state index contributed by atoms with van der Waals surface area (Å²) >= 11 is 0. The van der Waals surface area contributed by atoms with Crippen molar-refractivity contribution in [3.63, 3.8) is 0 Å². The van der Waals surface area contributed by atoms with Gasteiger partial charge < -0.3 is 15.4 Å². The number of H-pyrrole nitrogens is 1. The van der Waals surface area contributed by atoms with Crippen LogP contribution in [0.25, 0.3) is 22.2 Å². The fourth-order valence-corrected chi connectivity index (χ4v) is 3.86. The Morgan fingerprint density at radius 2 is 1.76 bits per heavy atom. The van der Waals surface area contributed by atoms with Gasteiger partial charge >= 0.3 is 11.9 Å². The first kappa shape index (κ1) is 26.0. The highest BCUT2D eigenvalue weighted by atomic mass is 19.4. The van der Waals surface area contributed by atoms with E-state index in [9.17, 15) is 32.3 Å². The zero-order valence-corrected chi connectivity index (χ0v) is 20.0. The Labute approximate surface area is 208 Å². The van der Waals surface area contributed by atoms with Gasteiger partial charge in [-0.2, -0.15) is 13.2 Å². The van der Waals surface area contributed by atoms with Crippen molar-refractivity contribution in [3.05, 3.63) is 82.0 Å². The largest absolute Gasteiger partial charge is 0.451 e. The average Bonchev–Trinajstić information content (AvgIpc) is 3.12. The molecule has 2 aromatic carbocycles. The van der Waals surface area contributed by atoms with E-state index in [4.69, 9.17) is 0 Å². The maximum Gasteiger partial charge on any atom is 0.451 e. The predicted octanol–water partition coefficient (Wildman–Crippen LogP) is 4.21. The molecule has 0 fully saturated rings. The smallest absolute Gasteiger partial charge is 0.389 e. The predicted molar refractivity (Wildman–Crippen MR) is 127 cm³/mol. The van der Waals surface area contributed by atoms with Gasteiger partial charge in [0, 0.05) is 29.1 Å². The summed E-state index contributed by atoms with van der Waals surface area (Å²) in [5.74, 6) is -2.34. The molecule has 0 saturated heterocycles. The number of carbonyl (C=O) groups is 1. The minimum Gasteiger partial charge on any atom is -0.389 e. The molecule has 0 unspecified atom stereocenters. The summed E-state index contributed by atoms with van der Waals surface area (Å²) in [6.07, 6.45) is -2.71. The van der Waals surface area contributed by atoms with Gasteiger partial charge in [-0.1, -0.05) is 12.1 Å². The van der Waals surface area contributed by atoms with Crippen molar-refractivity contribution in [1.29, 1.82) is 0 Å². The van der Waals surface area contributed by atoms with Gasteiger partial charge in [0.1, 0.15) is 5.82 Å². The van der Waals surface area contributed by atoms with Crippen molar-refractivity contribution in [2.75, 3.05) is 0 Å². The molecule has 0 bridgehead atoms. The second-order valence-electron chi connectivity index (χ2n) is 9.29. The summed E-state index contributed by atoms with van der Waals surface area (Å²) in [7, 11) is 0. The molecule has 0 saturated carbocycles. The van der Waals surface area contributed by atoms with Crippen LogP contribution in [0.1, 0.15) is 48.6 Å². The standard InChI is InChI=1S/C25H23F4N5O3/c1-13(16-10-30-22(31-11-16)25(27,28)29)32-21(35)15-8-18(14-4-6-17(26)7-5-14)20-19(9-15)34(23(36)33-20)12-24(2,3)37/h4-11,13,37H,12H2,1-3H3,(H,32,35)(H,33,36)/t13-/m1/s1. The SMILES string of the molecule is C[C@@H](NC(=O)c1cc(-c2ccc(F)cc2)c2[nH]c(=O)n(CC(C)(C)O)c2c1)c1cnc(C(F)(F)F)nc1. The van der Waals surface area contributed by atoms with Gasteiger partial charge in [-0.15, -0.1) is 0 Å². The van der Waals surface area contributed by atoms with Gasteiger partial charge in [0.15, 0.2) is 0 Å². The van der Waals surface area contributed by atoms with Crippen molar-refractivity contribution in [3.8, 4) is 11.1 Å². The van der Waals surface area contributed by atoms with Crippen LogP contribution in [0.15, 0.2) is 53.6 Å². The van der Waals surface area contributed by atoms with Crippen LogP contribution in [0.2, 0.25) is 0 Å². The van der Waals surface area contributed by atoms with Crippen LogP contribution < -0.4 is 11.0 Å². The van der Waals surface area contributed by atoms with Crippen molar-refractivity contribution in [2.45, 2.75) is 45.1 Å². The zero-order valence-electron chi connectivity index (χ0n) is 20.0. The number of amides is 1. The Hall–Kier alpha value is -4.06. The number of hydrogen-bond acceptors (Lipinski definition) is 5. The minimum atomic E-state index is -4.69. The van der Waals surface area contributed by atoms with E-state index in [1.807, 2.05) is 0 Å². The van der Waals surface area contributed by atoms with Crippen LogP contribution in [0, 0.1) is 5.82 Å². The second-order valence-corrected chi connectivity index (χ2v) is 9.29. The number of fused-ring (bicyclic) bond motifs is 1. The molecule has 2 aromatic heterocycles. The number of alkyl halides is 3. The molecule has 1 amide bonds. The van der Waals surface area contributed by atoms with E-state index in [1.165, 1.54) is 54.8 Å². The summed E-state index contributed by atoms with van der Waals surface area (Å²) in [6.45, 7) is 4.55. The van der Waals surface area contributed by atoms with Crippen molar-refractivity contribution >= 4 is 16.9 Å². The molecule has 37 heavy (non-hydrogen) atoms. The zero-order chi connectivity index (χ0) is 27.1. The monoisotopic (exact) mass is 517 g/mol. The Bertz CT molecular complexity index is 1500. The molecule has 0 spiro atoms. The molecule has 0 aliphatic carbocycles. The van der Waals surface area contributed by atoms with E-state index in [0.29, 0.717) is 22.2 Å². The topological polar surface area (TPSA) is 113 Å². The summed E-state index contributed by atoms with van der Waals surface area (Å²) in [5, 5.41) is 13.0. The normalized spacial score (nSPS) is 13.1. The molecule has 194 valence electrons. The Balaban J connectivity index is 1.75. The number of imidazole rings is 1. The second kappa shape index (κ2) is 9.43. The van der Waals surface area contributed by atoms with Gasteiger partial charge in [0.2, 0.25) is 5.82 Å². The van der Waals surface area contributed by atoms with Crippen LogP contribution in [0.4, 0.5) is 17.6 Å². The van der Waals surface area contributed by atoms with Crippen LogP contribution >= 0.6 is 0 Å². The average molecular weight is 517 g/mol. The summed E-state index contributed by atoms with van der Waals surface area (Å²) in [6, 6.07) is 7.73. The lowest BCUT2D eigenvalue weighted by atomic mass is 10.00. The van der Waals surface area contributed by atoms with E-state index in [1.54, 1.807) is 6.92 Å². The van der Waals surface area contributed by atoms with Crippen molar-refractivity contribution in [2.24, 2.45) is 0 Å². The first-order valence-corrected chi connectivity index (χ1v) is 11.2. The van der Waals surface area contributed by atoms with Crippen molar-refractivity contribution < 1.29 is 27.5 Å². The number of benzene rings is 2. The maximum absolute atomic E-state index is 13.5. The van der Waals surface area contributed by atoms with Crippen LogP contribution in [-0.2, 0) is 12.7 Å². The van der Waals surface area contributed by atoms with E-state index in [2.05, 4.69) is 20.3 Å². The van der Waals surface area contributed by atoms with Crippen LogP contribution in [0.5, 0.6) is 0 Å². The Morgan fingerprint density at radius 3 is 2.32 bits per heavy atom. The lowest BCUT2D eigenvalue weighted by molar-refractivity contribution is -0.145. The lowest BCUT2D eigenvalue weighted by Crippen LogP contribution is -2.31. The number of rotatable bonds is 6. The Kier molecular flexibility index (Phi) is 6.63. The molecule has 8 nitrogen and oxygen atoms in total. The molecule has 1 atom stereocenters. The number of aromatic amines is 1. The first-order chi connectivity index (χ1) is 17.2. The molecule has 0 aliphatic heterocycles. The third-order valence-electron chi connectivity index (χ3n) is 5.62. The number of aliphatic hydroxyl groups is 1. The molecule has 0 aliphatic rings. The molecule has 4 rings (SSSR count). The van der Waals surface area contributed by atoms with Gasteiger partial charge in [-0.25, -0.2) is 19.2 Å². The molecule has 0 radical (unpaired) electrons. The number of nitrogens with one attached hydrogen (secondary N) is 2. The van der Waals surface area contributed by atoms with Gasteiger partial charge in [-0.3, -0.25) is 9.36 Å². The van der Waals surface area contributed by atoms with Gasteiger partial charge in [-0.05, 0) is 50.6 Å². The quantitative estimate of drug-likeness (QED) is 0.332. The number of aromatic nitrogens is 4. The summed E-state index contributed by atoms with van der Waals surface area (Å²) < 4.78 is 53.1. The highest BCUT2D eigenvalue weighted by Crippen LogP contribution is 2.30. The summed E-state index contributed by atoms with van der Waals surface area (Å²) in [4.78, 5) is 35.3. The molecular weight excluding hydrogens is 494 g/mol. The van der Waals surface area contributed by atoms with E-state index in [0.717, 1.165) is 12.4 Å². The fourth-order valence-electron chi connectivity index (χ4n) is 3.86. The number of carbonyl (C=O) groups excluding carboxylic acids is 1. The molecular formula is C25H23F4N5O3. The van der Waals surface area contributed by atoms with E-state index >= 15 is 0 Å². The minimum absolute atomic E-state index is 0.0704. The van der Waals surface area contributed by atoms with Gasteiger partial charge in [0.05, 0.1) is 29.2 Å². The van der Waals surface area contributed by atoms with E-state index in [-0.39, 0.29) is 17.7 Å². The van der Waals surface area contributed by atoms with Crippen LogP contribution in [0.3, 0.4) is 0 Å². The van der Waals surface area contributed by atoms with Gasteiger partial charge in [0.25, 0.3) is 5.91 Å². The third-order valence-corrected chi connectivity index (χ3v) is 5.62. The number of halogens is 4. The highest BCUT2D eigenvalue weighted by Gasteiger charge is 2.34. The van der Waals surface area contributed by atoms with E-state index < -0.39 is 41.1 Å². The molecule has 12 heteroatoms. The van der Waals surface area contributed by atoms with Crippen LogP contribution in [-0.4, -0.2) is 36.1 Å². The maximum atomic E-state index is 13.5. The fraction of sp³-hybridized carbons (Fsp3) is 0.280. The molecule has 3 N–H and O–H groups in total. The number of nitrogens with zero attached hydrogens (tertiary/aromatic N) is 3. The third kappa shape index (κ3) is 5.69. The molecule has 2 heterocycles. The number of hydrogen-bond donors (Lipinski definition) is 3. The Morgan fingerprint density at radius 1 is 1.14 bits per heavy atom.